The van der Waals surface area contributed by atoms with Crippen molar-refractivity contribution in [2.24, 2.45) is 7.05 Å². The van der Waals surface area contributed by atoms with Crippen molar-refractivity contribution >= 4 is 15.8 Å². The quantitative estimate of drug-likeness (QED) is 0.767. The number of benzene rings is 1. The van der Waals surface area contributed by atoms with Crippen LogP contribution in [0, 0.1) is 13.8 Å². The van der Waals surface area contributed by atoms with Crippen LogP contribution in [0.1, 0.15) is 16.8 Å². The molecule has 0 atom stereocenters. The number of hydrogen-bond donors (Lipinski definition) is 1. The maximum Gasteiger partial charge on any atom is 0.266 e. The van der Waals surface area contributed by atoms with Crippen LogP contribution in [0.2, 0.25) is 0 Å². The average molecular weight is 345 g/mol. The lowest BCUT2D eigenvalue weighted by Gasteiger charge is -2.06. The first-order valence-electron chi connectivity index (χ1n) is 7.46. The van der Waals surface area contributed by atoms with Gasteiger partial charge in [-0.15, -0.1) is 0 Å². The predicted molar refractivity (Wildman–Crippen MR) is 91.3 cm³/mol. The number of aryl methyl sites for hydroxylation is 3. The van der Waals surface area contributed by atoms with Crippen molar-refractivity contribution < 1.29 is 8.42 Å². The molecule has 0 saturated heterocycles. The molecule has 0 saturated carbocycles. The molecule has 2 aromatic heterocycles. The molecule has 0 unspecified atom stereocenters. The SMILES string of the molecule is Cc1ccccc1Cn1ccc(NS(=O)(=O)c2cn(C)nc2C)n1. The van der Waals surface area contributed by atoms with Gasteiger partial charge >= 0.3 is 0 Å². The number of anilines is 1. The van der Waals surface area contributed by atoms with E-state index in [0.29, 0.717) is 12.2 Å². The summed E-state index contributed by atoms with van der Waals surface area (Å²) < 4.78 is 30.6. The lowest BCUT2D eigenvalue weighted by molar-refractivity contribution is 0.600. The molecule has 0 bridgehead atoms. The molecule has 7 nitrogen and oxygen atoms in total. The standard InChI is InChI=1S/C16H19N5O2S/c1-12-6-4-5-7-14(12)10-21-9-8-16(18-21)19-24(22,23)15-11-20(3)17-13(15)2/h4-9,11H,10H2,1-3H3,(H,18,19). The van der Waals surface area contributed by atoms with Gasteiger partial charge in [0.25, 0.3) is 10.0 Å². The molecular weight excluding hydrogens is 326 g/mol. The molecule has 0 amide bonds. The highest BCUT2D eigenvalue weighted by Gasteiger charge is 2.20. The topological polar surface area (TPSA) is 81.8 Å². The van der Waals surface area contributed by atoms with E-state index in [4.69, 9.17) is 0 Å². The minimum absolute atomic E-state index is 0.151. The number of hydrogen-bond acceptors (Lipinski definition) is 4. The molecule has 0 radical (unpaired) electrons. The van der Waals surface area contributed by atoms with Crippen LogP contribution in [0.4, 0.5) is 5.82 Å². The highest BCUT2D eigenvalue weighted by atomic mass is 32.2. The Labute approximate surface area is 141 Å². The highest BCUT2D eigenvalue weighted by molar-refractivity contribution is 7.92. The molecule has 24 heavy (non-hydrogen) atoms. The summed E-state index contributed by atoms with van der Waals surface area (Å²) in [6.45, 7) is 4.28. The summed E-state index contributed by atoms with van der Waals surface area (Å²) in [5.74, 6) is 0.284. The molecule has 0 aliphatic carbocycles. The van der Waals surface area contributed by atoms with Crippen molar-refractivity contribution in [3.05, 3.63) is 59.5 Å². The van der Waals surface area contributed by atoms with Crippen LogP contribution in [-0.2, 0) is 23.6 Å². The fourth-order valence-electron chi connectivity index (χ4n) is 2.50. The smallest absolute Gasteiger partial charge is 0.266 e. The van der Waals surface area contributed by atoms with Crippen LogP contribution in [-0.4, -0.2) is 28.0 Å². The zero-order chi connectivity index (χ0) is 17.3. The van der Waals surface area contributed by atoms with Gasteiger partial charge in [0.1, 0.15) is 4.90 Å². The van der Waals surface area contributed by atoms with Crippen LogP contribution in [0.15, 0.2) is 47.6 Å². The van der Waals surface area contributed by atoms with Gasteiger partial charge in [0.15, 0.2) is 5.82 Å². The average Bonchev–Trinajstić information content (AvgIpc) is 3.07. The molecule has 2 heterocycles. The molecule has 8 heteroatoms. The Morgan fingerprint density at radius 1 is 1.12 bits per heavy atom. The third-order valence-corrected chi connectivity index (χ3v) is 5.19. The first-order valence-corrected chi connectivity index (χ1v) is 8.94. The molecule has 3 aromatic rings. The zero-order valence-corrected chi connectivity index (χ0v) is 14.6. The summed E-state index contributed by atoms with van der Waals surface area (Å²) >= 11 is 0. The van der Waals surface area contributed by atoms with Gasteiger partial charge < -0.3 is 0 Å². The third-order valence-electron chi connectivity index (χ3n) is 3.73. The van der Waals surface area contributed by atoms with Crippen LogP contribution < -0.4 is 4.72 Å². The van der Waals surface area contributed by atoms with Crippen LogP contribution in [0.25, 0.3) is 0 Å². The molecule has 0 fully saturated rings. The lowest BCUT2D eigenvalue weighted by atomic mass is 10.1. The Morgan fingerprint density at radius 2 is 1.88 bits per heavy atom. The van der Waals surface area contributed by atoms with Gasteiger partial charge in [-0.1, -0.05) is 24.3 Å². The van der Waals surface area contributed by atoms with Crippen molar-refractivity contribution in [3.8, 4) is 0 Å². The summed E-state index contributed by atoms with van der Waals surface area (Å²) in [6.07, 6.45) is 3.22. The van der Waals surface area contributed by atoms with Gasteiger partial charge in [-0.3, -0.25) is 14.1 Å². The Hall–Kier alpha value is -2.61. The largest absolute Gasteiger partial charge is 0.274 e. The summed E-state index contributed by atoms with van der Waals surface area (Å²) in [5.41, 5.74) is 2.75. The Bertz CT molecular complexity index is 972. The molecule has 0 aliphatic heterocycles. The number of aromatic nitrogens is 4. The summed E-state index contributed by atoms with van der Waals surface area (Å²) in [4.78, 5) is 0.151. The first kappa shape index (κ1) is 16.3. The Balaban J connectivity index is 1.79. The summed E-state index contributed by atoms with van der Waals surface area (Å²) in [6, 6.07) is 9.66. The molecule has 3 rings (SSSR count). The second-order valence-corrected chi connectivity index (χ2v) is 7.33. The maximum absolute atomic E-state index is 12.4. The maximum atomic E-state index is 12.4. The van der Waals surface area contributed by atoms with E-state index >= 15 is 0 Å². The zero-order valence-electron chi connectivity index (χ0n) is 13.8. The van der Waals surface area contributed by atoms with E-state index in [1.807, 2.05) is 31.2 Å². The van der Waals surface area contributed by atoms with Crippen molar-refractivity contribution in [2.45, 2.75) is 25.3 Å². The van der Waals surface area contributed by atoms with Crippen molar-refractivity contribution in [3.63, 3.8) is 0 Å². The monoisotopic (exact) mass is 345 g/mol. The lowest BCUT2D eigenvalue weighted by Crippen LogP contribution is -2.14. The van der Waals surface area contributed by atoms with Gasteiger partial charge in [0.2, 0.25) is 0 Å². The Kier molecular flexibility index (Phi) is 4.15. The molecular formula is C16H19N5O2S. The van der Waals surface area contributed by atoms with Gasteiger partial charge in [-0.25, -0.2) is 8.42 Å². The van der Waals surface area contributed by atoms with E-state index in [2.05, 4.69) is 14.9 Å². The first-order chi connectivity index (χ1) is 11.3. The van der Waals surface area contributed by atoms with Crippen molar-refractivity contribution in [1.82, 2.24) is 19.6 Å². The van der Waals surface area contributed by atoms with E-state index < -0.39 is 10.0 Å². The molecule has 0 spiro atoms. The Morgan fingerprint density at radius 3 is 2.54 bits per heavy atom. The molecule has 1 aromatic carbocycles. The summed E-state index contributed by atoms with van der Waals surface area (Å²) in [7, 11) is -2.02. The van der Waals surface area contributed by atoms with Gasteiger partial charge in [-0.05, 0) is 25.0 Å². The van der Waals surface area contributed by atoms with Gasteiger partial charge in [-0.2, -0.15) is 10.2 Å². The number of nitrogens with zero attached hydrogens (tertiary/aromatic N) is 4. The van der Waals surface area contributed by atoms with Crippen LogP contribution >= 0.6 is 0 Å². The van der Waals surface area contributed by atoms with Gasteiger partial charge in [0.05, 0.1) is 12.2 Å². The molecule has 0 aliphatic rings. The van der Waals surface area contributed by atoms with E-state index in [1.54, 1.807) is 30.9 Å². The van der Waals surface area contributed by atoms with Gasteiger partial charge in [0, 0.05) is 25.5 Å². The van der Waals surface area contributed by atoms with E-state index in [9.17, 15) is 8.42 Å². The highest BCUT2D eigenvalue weighted by Crippen LogP contribution is 2.17. The van der Waals surface area contributed by atoms with E-state index in [0.717, 1.165) is 5.56 Å². The summed E-state index contributed by atoms with van der Waals surface area (Å²) in [5, 5.41) is 8.35. The molecule has 1 N–H and O–H groups in total. The van der Waals surface area contributed by atoms with Crippen LogP contribution in [0.5, 0.6) is 0 Å². The van der Waals surface area contributed by atoms with Crippen molar-refractivity contribution in [2.75, 3.05) is 4.72 Å². The minimum atomic E-state index is -3.70. The number of sulfonamides is 1. The number of rotatable bonds is 5. The van der Waals surface area contributed by atoms with E-state index in [1.165, 1.54) is 16.4 Å². The van der Waals surface area contributed by atoms with Crippen LogP contribution in [0.3, 0.4) is 0 Å². The molecule has 126 valence electrons. The fraction of sp³-hybridized carbons (Fsp3) is 0.250. The number of nitrogens with one attached hydrogen (secondary N) is 1. The second-order valence-electron chi connectivity index (χ2n) is 5.68. The third kappa shape index (κ3) is 3.33. The predicted octanol–water partition coefficient (Wildman–Crippen LogP) is 2.08. The fourth-order valence-corrected chi connectivity index (χ4v) is 3.72. The minimum Gasteiger partial charge on any atom is -0.274 e. The second kappa shape index (κ2) is 6.12. The normalized spacial score (nSPS) is 11.6. The van der Waals surface area contributed by atoms with E-state index in [-0.39, 0.29) is 10.7 Å². The van der Waals surface area contributed by atoms with Crippen molar-refractivity contribution in [1.29, 1.82) is 0 Å².